The molecule has 0 aliphatic carbocycles. The number of Topliss-reactive ketones (excluding diaryl/α,β-unsaturated/α-hetero) is 1. The summed E-state index contributed by atoms with van der Waals surface area (Å²) in [5.41, 5.74) is 1.46. The third-order valence-corrected chi connectivity index (χ3v) is 4.61. The Bertz CT molecular complexity index is 725. The van der Waals surface area contributed by atoms with Gasteiger partial charge in [0.05, 0.1) is 5.41 Å². The van der Waals surface area contributed by atoms with Gasteiger partial charge >= 0.3 is 0 Å². The lowest BCUT2D eigenvalue weighted by Crippen LogP contribution is -2.29. The fraction of sp³-hybridized carbons (Fsp3) is 0.370. The fourth-order valence-corrected chi connectivity index (χ4v) is 2.62. The molecule has 2 nitrogen and oxygen atoms in total. The van der Waals surface area contributed by atoms with E-state index in [4.69, 9.17) is 23.2 Å². The SMILES string of the molecule is C=CC.C=CC.CC.CCC(C)(C(C)=O)c1ccc(O)cc1Cl.Cc1ccc(Cl)cc1. The predicted molar refractivity (Wildman–Crippen MR) is 141 cm³/mol. The third kappa shape index (κ3) is 14.6. The zero-order chi connectivity index (χ0) is 25.0. The summed E-state index contributed by atoms with van der Waals surface area (Å²) in [4.78, 5) is 11.6. The topological polar surface area (TPSA) is 37.3 Å². The number of allylic oxidation sites excluding steroid dienone is 2. The average Bonchev–Trinajstić information content (AvgIpc) is 2.72. The van der Waals surface area contributed by atoms with Gasteiger partial charge in [0.2, 0.25) is 0 Å². The normalized spacial score (nSPS) is 10.5. The van der Waals surface area contributed by atoms with Crippen LogP contribution in [0.4, 0.5) is 0 Å². The van der Waals surface area contributed by atoms with Gasteiger partial charge < -0.3 is 5.11 Å². The van der Waals surface area contributed by atoms with Crippen LogP contribution >= 0.6 is 23.2 Å². The lowest BCUT2D eigenvalue weighted by molar-refractivity contribution is -0.122. The lowest BCUT2D eigenvalue weighted by atomic mass is 9.77. The number of carbonyl (C=O) groups is 1. The molecule has 0 aromatic heterocycles. The van der Waals surface area contributed by atoms with Crippen molar-refractivity contribution in [1.29, 1.82) is 0 Å². The molecule has 0 radical (unpaired) electrons. The quantitative estimate of drug-likeness (QED) is 0.457. The van der Waals surface area contributed by atoms with Crippen molar-refractivity contribution in [3.63, 3.8) is 0 Å². The van der Waals surface area contributed by atoms with E-state index in [1.165, 1.54) is 11.6 Å². The number of carbonyl (C=O) groups excluding carboxylic acids is 1. The average molecular weight is 468 g/mol. The number of phenolic OH excluding ortho intramolecular Hbond substituents is 1. The van der Waals surface area contributed by atoms with Crippen LogP contribution < -0.4 is 0 Å². The van der Waals surface area contributed by atoms with Crippen molar-refractivity contribution < 1.29 is 9.90 Å². The second kappa shape index (κ2) is 19.9. The van der Waals surface area contributed by atoms with E-state index in [0.29, 0.717) is 11.4 Å². The maximum atomic E-state index is 11.6. The van der Waals surface area contributed by atoms with Gasteiger partial charge in [0, 0.05) is 10.0 Å². The van der Waals surface area contributed by atoms with Crippen LogP contribution in [0.15, 0.2) is 67.8 Å². The number of hydrogen-bond acceptors (Lipinski definition) is 2. The predicted octanol–water partition coefficient (Wildman–Crippen LogP) is 9.36. The molecular formula is C27H40Cl2O2. The molecular weight excluding hydrogens is 427 g/mol. The van der Waals surface area contributed by atoms with E-state index in [-0.39, 0.29) is 11.5 Å². The van der Waals surface area contributed by atoms with Crippen LogP contribution in [-0.4, -0.2) is 10.9 Å². The van der Waals surface area contributed by atoms with Crippen LogP contribution in [0.25, 0.3) is 0 Å². The van der Waals surface area contributed by atoms with Gasteiger partial charge in [-0.3, -0.25) is 4.79 Å². The number of rotatable bonds is 3. The van der Waals surface area contributed by atoms with Crippen molar-refractivity contribution in [3.05, 3.63) is 88.9 Å². The number of aryl methyl sites for hydroxylation is 1. The Balaban J connectivity index is -0.000000410. The molecule has 0 bridgehead atoms. The first-order valence-corrected chi connectivity index (χ1v) is 11.2. The monoisotopic (exact) mass is 466 g/mol. The fourth-order valence-electron chi connectivity index (χ4n) is 2.11. The van der Waals surface area contributed by atoms with E-state index in [0.717, 1.165) is 10.6 Å². The number of aromatic hydroxyl groups is 1. The van der Waals surface area contributed by atoms with Gasteiger partial charge in [0.15, 0.2) is 0 Å². The number of hydrogen-bond donors (Lipinski definition) is 1. The largest absolute Gasteiger partial charge is 0.508 e. The molecule has 31 heavy (non-hydrogen) atoms. The van der Waals surface area contributed by atoms with Crippen LogP contribution in [0, 0.1) is 6.92 Å². The molecule has 0 heterocycles. The van der Waals surface area contributed by atoms with Crippen molar-refractivity contribution in [1.82, 2.24) is 0 Å². The van der Waals surface area contributed by atoms with E-state index in [1.54, 1.807) is 31.2 Å². The lowest BCUT2D eigenvalue weighted by Gasteiger charge is -2.26. The molecule has 1 unspecified atom stereocenters. The maximum Gasteiger partial charge on any atom is 0.140 e. The zero-order valence-corrected chi connectivity index (χ0v) is 21.9. The summed E-state index contributed by atoms with van der Waals surface area (Å²) in [7, 11) is 0. The molecule has 0 spiro atoms. The van der Waals surface area contributed by atoms with Gasteiger partial charge in [-0.15, -0.1) is 13.2 Å². The summed E-state index contributed by atoms with van der Waals surface area (Å²) in [6.45, 7) is 21.9. The molecule has 0 saturated carbocycles. The Morgan fingerprint density at radius 1 is 1.03 bits per heavy atom. The molecule has 2 rings (SSSR count). The van der Waals surface area contributed by atoms with Crippen LogP contribution in [-0.2, 0) is 10.2 Å². The molecule has 4 heteroatoms. The van der Waals surface area contributed by atoms with Crippen molar-refractivity contribution in [2.45, 2.75) is 67.2 Å². The summed E-state index contributed by atoms with van der Waals surface area (Å²) in [6, 6.07) is 12.5. The number of benzene rings is 2. The van der Waals surface area contributed by atoms with Crippen LogP contribution in [0.5, 0.6) is 5.75 Å². The van der Waals surface area contributed by atoms with E-state index >= 15 is 0 Å². The molecule has 0 aliphatic heterocycles. The summed E-state index contributed by atoms with van der Waals surface area (Å²) in [5.74, 6) is 0.198. The smallest absolute Gasteiger partial charge is 0.140 e. The molecule has 174 valence electrons. The summed E-state index contributed by atoms with van der Waals surface area (Å²) >= 11 is 11.6. The minimum Gasteiger partial charge on any atom is -0.508 e. The van der Waals surface area contributed by atoms with Gasteiger partial charge in [0.1, 0.15) is 11.5 Å². The van der Waals surface area contributed by atoms with Gasteiger partial charge in [-0.1, -0.05) is 79.9 Å². The molecule has 0 fully saturated rings. The Hall–Kier alpha value is -2.03. The van der Waals surface area contributed by atoms with E-state index in [2.05, 4.69) is 13.2 Å². The van der Waals surface area contributed by atoms with Crippen molar-refractivity contribution in [3.8, 4) is 5.75 Å². The number of halogens is 2. The van der Waals surface area contributed by atoms with Gasteiger partial charge in [0.25, 0.3) is 0 Å². The molecule has 2 aromatic carbocycles. The molecule has 1 N–H and O–H groups in total. The molecule has 2 aromatic rings. The highest BCUT2D eigenvalue weighted by molar-refractivity contribution is 6.32. The number of ketones is 1. The highest BCUT2D eigenvalue weighted by Crippen LogP contribution is 2.35. The standard InChI is InChI=1S/C12H15ClO2.C7H7Cl.2C3H6.C2H6/c1-4-12(3,8(2)14)10-6-5-9(15)7-11(10)13;1-6-2-4-7(8)5-3-6;2*1-3-2;1-2/h5-7,15H,4H2,1-3H3;2-5H,1H3;2*3H,1H2,2H3;1-2H3. The highest BCUT2D eigenvalue weighted by Gasteiger charge is 2.31. The first kappa shape index (κ1) is 33.6. The minimum absolute atomic E-state index is 0.0811. The minimum atomic E-state index is -0.565. The second-order valence-corrected chi connectivity index (χ2v) is 7.36. The van der Waals surface area contributed by atoms with Crippen LogP contribution in [0.1, 0.15) is 66.0 Å². The summed E-state index contributed by atoms with van der Waals surface area (Å²) in [6.07, 6.45) is 4.19. The van der Waals surface area contributed by atoms with Crippen molar-refractivity contribution in [2.75, 3.05) is 0 Å². The first-order chi connectivity index (χ1) is 14.5. The maximum absolute atomic E-state index is 11.6. The highest BCUT2D eigenvalue weighted by atomic mass is 35.5. The zero-order valence-electron chi connectivity index (χ0n) is 20.4. The third-order valence-electron chi connectivity index (χ3n) is 4.04. The molecule has 0 amide bonds. The first-order valence-electron chi connectivity index (χ1n) is 10.4. The Kier molecular flexibility index (Phi) is 21.6. The Labute approximate surface area is 200 Å². The Morgan fingerprint density at radius 3 is 1.74 bits per heavy atom. The second-order valence-electron chi connectivity index (χ2n) is 6.52. The van der Waals surface area contributed by atoms with E-state index in [9.17, 15) is 9.90 Å². The molecule has 0 aliphatic rings. The summed E-state index contributed by atoms with van der Waals surface area (Å²) in [5, 5.41) is 10.5. The van der Waals surface area contributed by atoms with E-state index in [1.807, 2.05) is 72.7 Å². The molecule has 0 saturated heterocycles. The van der Waals surface area contributed by atoms with Crippen molar-refractivity contribution >= 4 is 29.0 Å². The van der Waals surface area contributed by atoms with Gasteiger partial charge in [-0.25, -0.2) is 0 Å². The van der Waals surface area contributed by atoms with Crippen LogP contribution in [0.2, 0.25) is 10.0 Å². The van der Waals surface area contributed by atoms with Crippen LogP contribution in [0.3, 0.4) is 0 Å². The van der Waals surface area contributed by atoms with Gasteiger partial charge in [-0.05, 0) is 70.9 Å². The van der Waals surface area contributed by atoms with Crippen molar-refractivity contribution in [2.24, 2.45) is 0 Å². The van der Waals surface area contributed by atoms with Gasteiger partial charge in [-0.2, -0.15) is 0 Å². The summed E-state index contributed by atoms with van der Waals surface area (Å²) < 4.78 is 0. The Morgan fingerprint density at radius 2 is 1.45 bits per heavy atom. The van der Waals surface area contributed by atoms with E-state index < -0.39 is 5.41 Å². The molecule has 1 atom stereocenters. The number of phenols is 1.